The van der Waals surface area contributed by atoms with Gasteiger partial charge in [-0.2, -0.15) is 18.4 Å². The molecule has 0 fully saturated rings. The predicted octanol–water partition coefficient (Wildman–Crippen LogP) is 4.76. The molecule has 32 heavy (non-hydrogen) atoms. The first-order valence-corrected chi connectivity index (χ1v) is 9.74. The third kappa shape index (κ3) is 5.57. The largest absolute Gasteiger partial charge is 0.494 e. The maximum atomic E-state index is 13.0. The number of aromatic nitrogens is 1. The molecule has 3 N–H and O–H groups in total. The van der Waals surface area contributed by atoms with Crippen molar-refractivity contribution in [1.29, 1.82) is 5.26 Å². The van der Waals surface area contributed by atoms with Crippen molar-refractivity contribution in [3.63, 3.8) is 0 Å². The molecule has 0 spiro atoms. The number of nitrogens with one attached hydrogen (secondary N) is 3. The summed E-state index contributed by atoms with van der Waals surface area (Å²) in [5.41, 5.74) is -0.293. The van der Waals surface area contributed by atoms with E-state index in [2.05, 4.69) is 27.0 Å². The quantitative estimate of drug-likeness (QED) is 0.458. The Bertz CT molecular complexity index is 1160. The first kappa shape index (κ1) is 22.7. The summed E-state index contributed by atoms with van der Waals surface area (Å²) in [5.74, 6) is 1.02. The maximum Gasteiger partial charge on any atom is 0.418 e. The summed E-state index contributed by atoms with van der Waals surface area (Å²) in [4.78, 5) is 16.4. The van der Waals surface area contributed by atoms with Crippen LogP contribution in [0.25, 0.3) is 10.9 Å². The zero-order chi connectivity index (χ0) is 23.1. The molecule has 0 atom stereocenters. The van der Waals surface area contributed by atoms with Crippen molar-refractivity contribution >= 4 is 28.4 Å². The second-order valence-corrected chi connectivity index (χ2v) is 6.63. The molecule has 10 heteroatoms. The van der Waals surface area contributed by atoms with Crippen LogP contribution in [0.15, 0.2) is 48.5 Å². The van der Waals surface area contributed by atoms with Gasteiger partial charge in [0.15, 0.2) is 0 Å². The van der Waals surface area contributed by atoms with Crippen LogP contribution < -0.4 is 20.7 Å². The lowest BCUT2D eigenvalue weighted by atomic mass is 10.1. The number of anilines is 2. The average molecular weight is 443 g/mol. The number of fused-ring (bicyclic) bond motifs is 1. The molecule has 3 rings (SSSR count). The Labute approximate surface area is 182 Å². The SMILES string of the molecule is CCOc1ccc2nc(NCCNC(=O)Nc3ccccc3C(F)(F)F)c(C#N)cc2c1. The van der Waals surface area contributed by atoms with Crippen LogP contribution in [0.1, 0.15) is 18.1 Å². The molecular weight excluding hydrogens is 423 g/mol. The van der Waals surface area contributed by atoms with Gasteiger partial charge >= 0.3 is 12.2 Å². The average Bonchev–Trinajstić information content (AvgIpc) is 2.76. The monoisotopic (exact) mass is 443 g/mol. The van der Waals surface area contributed by atoms with Gasteiger partial charge in [0.2, 0.25) is 0 Å². The van der Waals surface area contributed by atoms with E-state index < -0.39 is 17.8 Å². The zero-order valence-electron chi connectivity index (χ0n) is 17.1. The highest BCUT2D eigenvalue weighted by Gasteiger charge is 2.33. The van der Waals surface area contributed by atoms with Gasteiger partial charge in [-0.15, -0.1) is 0 Å². The fourth-order valence-electron chi connectivity index (χ4n) is 2.99. The zero-order valence-corrected chi connectivity index (χ0v) is 17.1. The lowest BCUT2D eigenvalue weighted by Gasteiger charge is -2.14. The molecule has 0 saturated carbocycles. The number of ether oxygens (including phenoxy) is 1. The number of rotatable bonds is 7. The fourth-order valence-corrected chi connectivity index (χ4v) is 2.99. The van der Waals surface area contributed by atoms with Crippen LogP contribution in [-0.4, -0.2) is 30.7 Å². The number of benzene rings is 2. The van der Waals surface area contributed by atoms with Crippen molar-refractivity contribution in [3.8, 4) is 11.8 Å². The molecule has 7 nitrogen and oxygen atoms in total. The summed E-state index contributed by atoms with van der Waals surface area (Å²) in [6.07, 6.45) is -4.58. The van der Waals surface area contributed by atoms with E-state index in [1.807, 2.05) is 6.92 Å². The minimum absolute atomic E-state index is 0.0912. The van der Waals surface area contributed by atoms with Crippen LogP contribution in [-0.2, 0) is 6.18 Å². The number of urea groups is 1. The van der Waals surface area contributed by atoms with Crippen molar-refractivity contribution in [2.75, 3.05) is 30.3 Å². The molecule has 3 aromatic rings. The topological polar surface area (TPSA) is 99.1 Å². The summed E-state index contributed by atoms with van der Waals surface area (Å²) in [7, 11) is 0. The first-order valence-electron chi connectivity index (χ1n) is 9.74. The first-order chi connectivity index (χ1) is 15.3. The van der Waals surface area contributed by atoms with Crippen LogP contribution in [0.4, 0.5) is 29.5 Å². The molecule has 2 aromatic carbocycles. The number of pyridine rings is 1. The van der Waals surface area contributed by atoms with Gasteiger partial charge in [0.1, 0.15) is 17.6 Å². The lowest BCUT2D eigenvalue weighted by Crippen LogP contribution is -2.33. The Balaban J connectivity index is 1.59. The number of hydrogen-bond acceptors (Lipinski definition) is 5. The molecule has 0 radical (unpaired) electrons. The molecule has 1 heterocycles. The number of carbonyl (C=O) groups is 1. The van der Waals surface area contributed by atoms with E-state index in [4.69, 9.17) is 4.74 Å². The number of halogens is 3. The second kappa shape index (κ2) is 9.87. The lowest BCUT2D eigenvalue weighted by molar-refractivity contribution is -0.136. The van der Waals surface area contributed by atoms with Crippen molar-refractivity contribution in [1.82, 2.24) is 10.3 Å². The van der Waals surface area contributed by atoms with E-state index in [9.17, 15) is 23.2 Å². The van der Waals surface area contributed by atoms with Crippen molar-refractivity contribution in [2.24, 2.45) is 0 Å². The van der Waals surface area contributed by atoms with Crippen LogP contribution >= 0.6 is 0 Å². The molecule has 0 aliphatic rings. The Morgan fingerprint density at radius 3 is 2.66 bits per heavy atom. The smallest absolute Gasteiger partial charge is 0.418 e. The number of hydrogen-bond donors (Lipinski definition) is 3. The standard InChI is InChI=1S/C22H20F3N5O2/c1-2-32-16-7-8-18-14(12-16)11-15(13-26)20(29-18)27-9-10-28-21(31)30-19-6-4-3-5-17(19)22(23,24)25/h3-8,11-12H,2,9-10H2,1H3,(H,27,29)(H2,28,30,31). The molecule has 0 saturated heterocycles. The molecule has 166 valence electrons. The molecule has 0 bridgehead atoms. The van der Waals surface area contributed by atoms with Gasteiger partial charge in [-0.3, -0.25) is 0 Å². The van der Waals surface area contributed by atoms with Gasteiger partial charge in [-0.05, 0) is 43.3 Å². The minimum Gasteiger partial charge on any atom is -0.494 e. The highest BCUT2D eigenvalue weighted by Crippen LogP contribution is 2.34. The van der Waals surface area contributed by atoms with Gasteiger partial charge in [-0.1, -0.05) is 12.1 Å². The molecular formula is C22H20F3N5O2. The van der Waals surface area contributed by atoms with Crippen molar-refractivity contribution < 1.29 is 22.7 Å². The summed E-state index contributed by atoms with van der Waals surface area (Å²) in [6.45, 7) is 2.69. The third-order valence-corrected chi connectivity index (χ3v) is 4.40. The Hall–Kier alpha value is -4.00. The highest BCUT2D eigenvalue weighted by atomic mass is 19.4. The van der Waals surface area contributed by atoms with Crippen LogP contribution in [0, 0.1) is 11.3 Å². The predicted molar refractivity (Wildman–Crippen MR) is 115 cm³/mol. The van der Waals surface area contributed by atoms with Gasteiger partial charge in [0, 0.05) is 18.5 Å². The van der Waals surface area contributed by atoms with E-state index in [1.54, 1.807) is 24.3 Å². The van der Waals surface area contributed by atoms with Gasteiger partial charge < -0.3 is 20.7 Å². The minimum atomic E-state index is -4.58. The summed E-state index contributed by atoms with van der Waals surface area (Å²) >= 11 is 0. The van der Waals surface area contributed by atoms with Gasteiger partial charge in [0.05, 0.1) is 28.9 Å². The molecule has 0 unspecified atom stereocenters. The molecule has 1 aromatic heterocycles. The number of para-hydroxylation sites is 1. The van der Waals surface area contributed by atoms with E-state index in [-0.39, 0.29) is 18.8 Å². The van der Waals surface area contributed by atoms with E-state index in [1.165, 1.54) is 18.2 Å². The Morgan fingerprint density at radius 2 is 1.94 bits per heavy atom. The normalized spacial score (nSPS) is 11.0. The fraction of sp³-hybridized carbons (Fsp3) is 0.227. The second-order valence-electron chi connectivity index (χ2n) is 6.63. The van der Waals surface area contributed by atoms with Crippen molar-refractivity contribution in [3.05, 3.63) is 59.7 Å². The maximum absolute atomic E-state index is 13.0. The molecule has 2 amide bonds. The Kier molecular flexibility index (Phi) is 7.00. The highest BCUT2D eigenvalue weighted by molar-refractivity contribution is 5.90. The number of alkyl halides is 3. The number of carbonyl (C=O) groups excluding carboxylic acids is 1. The van der Waals surface area contributed by atoms with Crippen LogP contribution in [0.2, 0.25) is 0 Å². The molecule has 0 aliphatic heterocycles. The van der Waals surface area contributed by atoms with Crippen LogP contribution in [0.3, 0.4) is 0 Å². The van der Waals surface area contributed by atoms with E-state index in [0.717, 1.165) is 11.5 Å². The third-order valence-electron chi connectivity index (χ3n) is 4.40. The molecule has 0 aliphatic carbocycles. The number of amides is 2. The van der Waals surface area contributed by atoms with Gasteiger partial charge in [-0.25, -0.2) is 9.78 Å². The summed E-state index contributed by atoms with van der Waals surface area (Å²) in [5, 5.41) is 17.8. The number of nitriles is 1. The number of nitrogens with zero attached hydrogens (tertiary/aromatic N) is 2. The van der Waals surface area contributed by atoms with E-state index >= 15 is 0 Å². The van der Waals surface area contributed by atoms with Gasteiger partial charge in [0.25, 0.3) is 0 Å². The summed E-state index contributed by atoms with van der Waals surface area (Å²) < 4.78 is 44.5. The van der Waals surface area contributed by atoms with E-state index in [0.29, 0.717) is 29.3 Å². The van der Waals surface area contributed by atoms with Crippen LogP contribution in [0.5, 0.6) is 5.75 Å². The van der Waals surface area contributed by atoms with Crippen molar-refractivity contribution in [2.45, 2.75) is 13.1 Å². The summed E-state index contributed by atoms with van der Waals surface area (Å²) in [6, 6.07) is 13.0. The Morgan fingerprint density at radius 1 is 1.16 bits per heavy atom.